The summed E-state index contributed by atoms with van der Waals surface area (Å²) in [6.45, 7) is 3.22. The molecule has 2 N–H and O–H groups in total. The van der Waals surface area contributed by atoms with Gasteiger partial charge in [-0.1, -0.05) is 24.3 Å². The number of benzene rings is 1. The third-order valence-electron chi connectivity index (χ3n) is 5.33. The number of methoxy groups -OCH3 is 1. The number of allylic oxidation sites excluding steroid dienone is 1. The molecule has 0 aliphatic carbocycles. The highest BCUT2D eigenvalue weighted by atomic mass is 16.5. The van der Waals surface area contributed by atoms with Crippen molar-refractivity contribution >= 4 is 11.8 Å². The fraction of sp³-hybridized carbons (Fsp3) is 0.217. The SMILES string of the molecule is COc1ccccc1NCc1nc(-c2cccc(C)n2)c(C2C=Cc3ncnn3C2)[nH]1. The van der Waals surface area contributed by atoms with Gasteiger partial charge in [0, 0.05) is 11.6 Å². The molecule has 0 saturated heterocycles. The molecule has 0 amide bonds. The first-order valence-corrected chi connectivity index (χ1v) is 10.2. The van der Waals surface area contributed by atoms with Gasteiger partial charge in [-0.25, -0.2) is 14.6 Å². The molecule has 0 bridgehead atoms. The Morgan fingerprint density at radius 3 is 2.94 bits per heavy atom. The highest BCUT2D eigenvalue weighted by Crippen LogP contribution is 2.31. The number of ether oxygens (including phenoxy) is 1. The quantitative estimate of drug-likeness (QED) is 0.499. The van der Waals surface area contributed by atoms with Gasteiger partial charge in [-0.3, -0.25) is 4.98 Å². The van der Waals surface area contributed by atoms with E-state index >= 15 is 0 Å². The van der Waals surface area contributed by atoms with Crippen LogP contribution in [0.25, 0.3) is 17.5 Å². The molecule has 3 aromatic heterocycles. The third-order valence-corrected chi connectivity index (χ3v) is 5.33. The highest BCUT2D eigenvalue weighted by molar-refractivity contribution is 5.61. The largest absolute Gasteiger partial charge is 0.495 e. The lowest BCUT2D eigenvalue weighted by molar-refractivity contribution is 0.416. The first-order valence-electron chi connectivity index (χ1n) is 10.2. The second-order valence-electron chi connectivity index (χ2n) is 7.43. The first kappa shape index (κ1) is 19.0. The number of para-hydroxylation sites is 2. The van der Waals surface area contributed by atoms with Crippen LogP contribution in [0, 0.1) is 6.92 Å². The van der Waals surface area contributed by atoms with Gasteiger partial charge in [0.2, 0.25) is 0 Å². The smallest absolute Gasteiger partial charge is 0.150 e. The number of hydrogen-bond acceptors (Lipinski definition) is 6. The Hall–Kier alpha value is -3.94. The summed E-state index contributed by atoms with van der Waals surface area (Å²) >= 11 is 0. The number of aromatic amines is 1. The minimum Gasteiger partial charge on any atom is -0.495 e. The lowest BCUT2D eigenvalue weighted by Crippen LogP contribution is -2.15. The average molecular weight is 413 g/mol. The molecule has 1 atom stereocenters. The minimum absolute atomic E-state index is 0.0963. The van der Waals surface area contributed by atoms with Crippen molar-refractivity contribution in [1.29, 1.82) is 0 Å². The van der Waals surface area contributed by atoms with E-state index in [0.29, 0.717) is 13.1 Å². The summed E-state index contributed by atoms with van der Waals surface area (Å²) < 4.78 is 7.35. The summed E-state index contributed by atoms with van der Waals surface area (Å²) in [6.07, 6.45) is 5.73. The Morgan fingerprint density at radius 2 is 2.06 bits per heavy atom. The normalized spacial score (nSPS) is 15.0. The van der Waals surface area contributed by atoms with Gasteiger partial charge >= 0.3 is 0 Å². The maximum atomic E-state index is 5.44. The fourth-order valence-electron chi connectivity index (χ4n) is 3.81. The molecule has 0 spiro atoms. The second-order valence-corrected chi connectivity index (χ2v) is 7.43. The predicted molar refractivity (Wildman–Crippen MR) is 119 cm³/mol. The monoisotopic (exact) mass is 413 g/mol. The van der Waals surface area contributed by atoms with Crippen molar-refractivity contribution in [3.8, 4) is 17.1 Å². The Balaban J connectivity index is 1.48. The van der Waals surface area contributed by atoms with E-state index in [1.807, 2.05) is 60.1 Å². The molecule has 8 heteroatoms. The van der Waals surface area contributed by atoms with Crippen molar-refractivity contribution < 1.29 is 4.74 Å². The van der Waals surface area contributed by atoms with E-state index in [9.17, 15) is 0 Å². The van der Waals surface area contributed by atoms with Crippen molar-refractivity contribution in [3.63, 3.8) is 0 Å². The molecule has 1 unspecified atom stereocenters. The summed E-state index contributed by atoms with van der Waals surface area (Å²) in [5.74, 6) is 2.59. The van der Waals surface area contributed by atoms with Crippen LogP contribution in [0.5, 0.6) is 5.75 Å². The van der Waals surface area contributed by atoms with Gasteiger partial charge < -0.3 is 15.0 Å². The molecule has 31 heavy (non-hydrogen) atoms. The number of nitrogens with one attached hydrogen (secondary N) is 2. The molecule has 0 radical (unpaired) electrons. The van der Waals surface area contributed by atoms with Crippen LogP contribution in [0.4, 0.5) is 5.69 Å². The van der Waals surface area contributed by atoms with Crippen molar-refractivity contribution in [1.82, 2.24) is 29.7 Å². The van der Waals surface area contributed by atoms with Crippen LogP contribution in [0.1, 0.15) is 29.0 Å². The molecule has 4 aromatic rings. The second kappa shape index (κ2) is 8.06. The molecule has 5 rings (SSSR count). The van der Waals surface area contributed by atoms with E-state index in [1.165, 1.54) is 0 Å². The molecule has 4 heterocycles. The zero-order valence-corrected chi connectivity index (χ0v) is 17.4. The van der Waals surface area contributed by atoms with Crippen molar-refractivity contribution in [3.05, 3.63) is 77.9 Å². The van der Waals surface area contributed by atoms with Gasteiger partial charge in [-0.05, 0) is 37.3 Å². The summed E-state index contributed by atoms with van der Waals surface area (Å²) in [6, 6.07) is 13.8. The van der Waals surface area contributed by atoms with Gasteiger partial charge in [0.15, 0.2) is 0 Å². The van der Waals surface area contributed by atoms with Crippen molar-refractivity contribution in [2.24, 2.45) is 0 Å². The molecular formula is C23H23N7O. The number of aromatic nitrogens is 6. The Labute approximate surface area is 180 Å². The van der Waals surface area contributed by atoms with Crippen molar-refractivity contribution in [2.45, 2.75) is 25.9 Å². The first-order chi connectivity index (χ1) is 15.2. The average Bonchev–Trinajstić information content (AvgIpc) is 3.44. The van der Waals surface area contributed by atoms with Gasteiger partial charge in [0.1, 0.15) is 29.4 Å². The van der Waals surface area contributed by atoms with Gasteiger partial charge in [0.05, 0.1) is 37.3 Å². The number of fused-ring (bicyclic) bond motifs is 1. The number of pyridine rings is 1. The summed E-state index contributed by atoms with van der Waals surface area (Å²) in [4.78, 5) is 17.4. The number of rotatable bonds is 6. The van der Waals surface area contributed by atoms with Crippen LogP contribution in [0.15, 0.2) is 54.9 Å². The molecule has 1 aliphatic heterocycles. The Kier molecular flexibility index (Phi) is 4.95. The summed E-state index contributed by atoms with van der Waals surface area (Å²) in [5.41, 5.74) is 4.61. The summed E-state index contributed by atoms with van der Waals surface area (Å²) in [7, 11) is 1.67. The molecule has 8 nitrogen and oxygen atoms in total. The number of nitrogens with zero attached hydrogens (tertiary/aromatic N) is 5. The number of imidazole rings is 1. The Bertz CT molecular complexity index is 1240. The van der Waals surface area contributed by atoms with E-state index < -0.39 is 0 Å². The van der Waals surface area contributed by atoms with E-state index in [2.05, 4.69) is 26.5 Å². The standard InChI is InChI=1S/C23H23N7O/c1-15-6-5-8-18(27-15)23-22(16-10-11-21-25-14-26-30(21)13-16)28-20(29-23)12-24-17-7-3-4-9-19(17)31-2/h3-11,14,16,24H,12-13H2,1-2H3,(H,28,29). The zero-order chi connectivity index (χ0) is 21.2. The lowest BCUT2D eigenvalue weighted by atomic mass is 9.99. The zero-order valence-electron chi connectivity index (χ0n) is 17.4. The van der Waals surface area contributed by atoms with Crippen LogP contribution in [-0.4, -0.2) is 36.8 Å². The molecule has 1 aromatic carbocycles. The third kappa shape index (κ3) is 3.79. The van der Waals surface area contributed by atoms with E-state index in [1.54, 1.807) is 13.4 Å². The van der Waals surface area contributed by atoms with E-state index in [0.717, 1.165) is 45.9 Å². The Morgan fingerprint density at radius 1 is 1.16 bits per heavy atom. The van der Waals surface area contributed by atoms with Crippen LogP contribution < -0.4 is 10.1 Å². The van der Waals surface area contributed by atoms with Crippen LogP contribution in [-0.2, 0) is 13.1 Å². The van der Waals surface area contributed by atoms with Crippen LogP contribution >= 0.6 is 0 Å². The van der Waals surface area contributed by atoms with Crippen LogP contribution in [0.3, 0.4) is 0 Å². The molecular weight excluding hydrogens is 390 g/mol. The van der Waals surface area contributed by atoms with Crippen LogP contribution in [0.2, 0.25) is 0 Å². The topological polar surface area (TPSA) is 93.5 Å². The molecule has 0 fully saturated rings. The van der Waals surface area contributed by atoms with Gasteiger partial charge in [-0.2, -0.15) is 5.10 Å². The number of anilines is 1. The van der Waals surface area contributed by atoms with Gasteiger partial charge in [-0.15, -0.1) is 0 Å². The predicted octanol–water partition coefficient (Wildman–Crippen LogP) is 3.80. The fourth-order valence-corrected chi connectivity index (χ4v) is 3.81. The molecule has 0 saturated carbocycles. The number of hydrogen-bond donors (Lipinski definition) is 2. The number of H-pyrrole nitrogens is 1. The van der Waals surface area contributed by atoms with E-state index in [4.69, 9.17) is 14.7 Å². The maximum Gasteiger partial charge on any atom is 0.150 e. The molecule has 156 valence electrons. The lowest BCUT2D eigenvalue weighted by Gasteiger charge is -2.17. The maximum absolute atomic E-state index is 5.44. The summed E-state index contributed by atoms with van der Waals surface area (Å²) in [5, 5.41) is 7.74. The number of aryl methyl sites for hydroxylation is 1. The highest BCUT2D eigenvalue weighted by Gasteiger charge is 2.24. The van der Waals surface area contributed by atoms with E-state index in [-0.39, 0.29) is 5.92 Å². The van der Waals surface area contributed by atoms with Crippen molar-refractivity contribution in [2.75, 3.05) is 12.4 Å². The minimum atomic E-state index is 0.0963. The molecule has 1 aliphatic rings. The van der Waals surface area contributed by atoms with Gasteiger partial charge in [0.25, 0.3) is 0 Å².